The molecule has 1 atom stereocenters. The number of nitrogens with one attached hydrogen (secondary N) is 1. The Morgan fingerprint density at radius 2 is 2.07 bits per heavy atom. The third-order valence-electron chi connectivity index (χ3n) is 2.89. The Labute approximate surface area is 86.4 Å². The van der Waals surface area contributed by atoms with Crippen LogP contribution in [0.15, 0.2) is 0 Å². The highest BCUT2D eigenvalue weighted by molar-refractivity contribution is 5.81. The van der Waals surface area contributed by atoms with E-state index in [0.29, 0.717) is 6.04 Å². The van der Waals surface area contributed by atoms with Gasteiger partial charge in [-0.05, 0) is 19.3 Å². The molecule has 0 bridgehead atoms. The summed E-state index contributed by atoms with van der Waals surface area (Å²) in [6.07, 6.45) is 7.82. The fourth-order valence-electron chi connectivity index (χ4n) is 2.00. The average Bonchev–Trinajstić information content (AvgIpc) is 2.19. The van der Waals surface area contributed by atoms with Crippen LogP contribution in [0.4, 0.5) is 0 Å². The molecular formula is C11H22N2O. The second-order valence-electron chi connectivity index (χ2n) is 4.24. The molecule has 0 aromatic heterocycles. The van der Waals surface area contributed by atoms with Gasteiger partial charge in [0.05, 0.1) is 6.04 Å². The quantitative estimate of drug-likeness (QED) is 0.720. The minimum atomic E-state index is -0.304. The Morgan fingerprint density at radius 3 is 2.64 bits per heavy atom. The van der Waals surface area contributed by atoms with Crippen molar-refractivity contribution in [3.8, 4) is 0 Å². The van der Waals surface area contributed by atoms with E-state index in [0.717, 1.165) is 25.7 Å². The number of carbonyl (C=O) groups excluding carboxylic acids is 1. The molecule has 0 heterocycles. The Balaban J connectivity index is 2.24. The summed E-state index contributed by atoms with van der Waals surface area (Å²) in [4.78, 5) is 11.6. The summed E-state index contributed by atoms with van der Waals surface area (Å²) >= 11 is 0. The van der Waals surface area contributed by atoms with Crippen molar-refractivity contribution in [1.82, 2.24) is 5.32 Å². The van der Waals surface area contributed by atoms with Crippen molar-refractivity contribution in [2.45, 2.75) is 64.0 Å². The molecule has 1 fully saturated rings. The molecule has 0 unspecified atom stereocenters. The van der Waals surface area contributed by atoms with Crippen LogP contribution in [0.2, 0.25) is 0 Å². The predicted octanol–water partition coefficient (Wildman–Crippen LogP) is 1.56. The van der Waals surface area contributed by atoms with Crippen molar-refractivity contribution in [2.24, 2.45) is 5.73 Å². The van der Waals surface area contributed by atoms with Crippen molar-refractivity contribution in [2.75, 3.05) is 0 Å². The van der Waals surface area contributed by atoms with Crippen molar-refractivity contribution < 1.29 is 4.79 Å². The lowest BCUT2D eigenvalue weighted by molar-refractivity contribution is -0.123. The molecule has 0 spiro atoms. The first-order chi connectivity index (χ1) is 6.74. The molecule has 1 aliphatic rings. The number of nitrogens with two attached hydrogens (primary N) is 1. The normalized spacial score (nSPS) is 20.4. The van der Waals surface area contributed by atoms with Crippen LogP contribution in [0.25, 0.3) is 0 Å². The van der Waals surface area contributed by atoms with E-state index in [1.165, 1.54) is 19.3 Å². The van der Waals surface area contributed by atoms with Gasteiger partial charge < -0.3 is 11.1 Å². The van der Waals surface area contributed by atoms with Gasteiger partial charge in [0.25, 0.3) is 0 Å². The van der Waals surface area contributed by atoms with Crippen molar-refractivity contribution >= 4 is 5.91 Å². The molecule has 1 amide bonds. The van der Waals surface area contributed by atoms with E-state index in [4.69, 9.17) is 5.73 Å². The number of carbonyl (C=O) groups is 1. The first kappa shape index (κ1) is 11.5. The van der Waals surface area contributed by atoms with Gasteiger partial charge >= 0.3 is 0 Å². The highest BCUT2D eigenvalue weighted by Crippen LogP contribution is 2.17. The molecule has 82 valence electrons. The lowest BCUT2D eigenvalue weighted by atomic mass is 9.95. The summed E-state index contributed by atoms with van der Waals surface area (Å²) in [5.74, 6) is 0.0405. The van der Waals surface area contributed by atoms with Crippen LogP contribution in [-0.2, 0) is 4.79 Å². The SMILES string of the molecule is CCC[C@H](N)C(=O)NC1CCCCC1. The maximum absolute atomic E-state index is 11.6. The van der Waals surface area contributed by atoms with Crippen molar-refractivity contribution in [3.05, 3.63) is 0 Å². The number of rotatable bonds is 4. The molecule has 3 N–H and O–H groups in total. The Kier molecular flexibility index (Phi) is 4.94. The van der Waals surface area contributed by atoms with Gasteiger partial charge in [-0.1, -0.05) is 32.6 Å². The molecular weight excluding hydrogens is 176 g/mol. The van der Waals surface area contributed by atoms with E-state index in [-0.39, 0.29) is 11.9 Å². The topological polar surface area (TPSA) is 55.1 Å². The van der Waals surface area contributed by atoms with Crippen LogP contribution in [0.1, 0.15) is 51.9 Å². The first-order valence-electron chi connectivity index (χ1n) is 5.80. The molecule has 3 heteroatoms. The van der Waals surface area contributed by atoms with Crippen LogP contribution >= 0.6 is 0 Å². The fourth-order valence-corrected chi connectivity index (χ4v) is 2.00. The highest BCUT2D eigenvalue weighted by atomic mass is 16.2. The zero-order valence-corrected chi connectivity index (χ0v) is 9.09. The summed E-state index contributed by atoms with van der Waals surface area (Å²) in [6.45, 7) is 2.05. The van der Waals surface area contributed by atoms with E-state index < -0.39 is 0 Å². The van der Waals surface area contributed by atoms with Crippen molar-refractivity contribution in [3.63, 3.8) is 0 Å². The number of hydrogen-bond acceptors (Lipinski definition) is 2. The van der Waals surface area contributed by atoms with Gasteiger partial charge in [-0.2, -0.15) is 0 Å². The van der Waals surface area contributed by atoms with E-state index in [9.17, 15) is 4.79 Å². The van der Waals surface area contributed by atoms with Gasteiger partial charge in [0.2, 0.25) is 5.91 Å². The smallest absolute Gasteiger partial charge is 0.237 e. The lowest BCUT2D eigenvalue weighted by Crippen LogP contribution is -2.45. The second kappa shape index (κ2) is 6.02. The zero-order valence-electron chi connectivity index (χ0n) is 9.09. The average molecular weight is 198 g/mol. The van der Waals surface area contributed by atoms with E-state index in [1.807, 2.05) is 6.92 Å². The van der Waals surface area contributed by atoms with Crippen LogP contribution in [0, 0.1) is 0 Å². The Morgan fingerprint density at radius 1 is 1.43 bits per heavy atom. The fraction of sp³-hybridized carbons (Fsp3) is 0.909. The number of amides is 1. The molecule has 14 heavy (non-hydrogen) atoms. The number of hydrogen-bond donors (Lipinski definition) is 2. The highest BCUT2D eigenvalue weighted by Gasteiger charge is 2.18. The Hall–Kier alpha value is -0.570. The molecule has 1 rings (SSSR count). The van der Waals surface area contributed by atoms with Gasteiger partial charge in [-0.3, -0.25) is 4.79 Å². The van der Waals surface area contributed by atoms with Gasteiger partial charge in [-0.15, -0.1) is 0 Å². The largest absolute Gasteiger partial charge is 0.352 e. The van der Waals surface area contributed by atoms with Gasteiger partial charge in [-0.25, -0.2) is 0 Å². The standard InChI is InChI=1S/C11H22N2O/c1-2-6-10(12)11(14)13-9-7-4-3-5-8-9/h9-10H,2-8,12H2,1H3,(H,13,14)/t10-/m0/s1. The van der Waals surface area contributed by atoms with Crippen molar-refractivity contribution in [1.29, 1.82) is 0 Å². The van der Waals surface area contributed by atoms with Crippen LogP contribution < -0.4 is 11.1 Å². The second-order valence-corrected chi connectivity index (χ2v) is 4.24. The van der Waals surface area contributed by atoms with Crippen LogP contribution in [-0.4, -0.2) is 18.0 Å². The van der Waals surface area contributed by atoms with E-state index in [1.54, 1.807) is 0 Å². The minimum Gasteiger partial charge on any atom is -0.352 e. The molecule has 1 saturated carbocycles. The van der Waals surface area contributed by atoms with E-state index in [2.05, 4.69) is 5.32 Å². The summed E-state index contributed by atoms with van der Waals surface area (Å²) in [7, 11) is 0. The zero-order chi connectivity index (χ0) is 10.4. The first-order valence-corrected chi connectivity index (χ1v) is 5.80. The maximum atomic E-state index is 11.6. The molecule has 0 aliphatic heterocycles. The third-order valence-corrected chi connectivity index (χ3v) is 2.89. The Bertz CT molecular complexity index is 176. The van der Waals surface area contributed by atoms with E-state index >= 15 is 0 Å². The van der Waals surface area contributed by atoms with Gasteiger partial charge in [0, 0.05) is 6.04 Å². The molecule has 0 aromatic carbocycles. The summed E-state index contributed by atoms with van der Waals surface area (Å²) in [5.41, 5.74) is 5.73. The van der Waals surface area contributed by atoms with Crippen LogP contribution in [0.3, 0.4) is 0 Å². The molecule has 3 nitrogen and oxygen atoms in total. The lowest BCUT2D eigenvalue weighted by Gasteiger charge is -2.24. The van der Waals surface area contributed by atoms with Gasteiger partial charge in [0.1, 0.15) is 0 Å². The van der Waals surface area contributed by atoms with Gasteiger partial charge in [0.15, 0.2) is 0 Å². The monoisotopic (exact) mass is 198 g/mol. The summed E-state index contributed by atoms with van der Waals surface area (Å²) in [6, 6.07) is 0.0843. The molecule has 0 radical (unpaired) electrons. The molecule has 0 aromatic rings. The maximum Gasteiger partial charge on any atom is 0.237 e. The molecule has 1 aliphatic carbocycles. The summed E-state index contributed by atoms with van der Waals surface area (Å²) < 4.78 is 0. The van der Waals surface area contributed by atoms with Crippen LogP contribution in [0.5, 0.6) is 0 Å². The predicted molar refractivity (Wildman–Crippen MR) is 57.9 cm³/mol. The third kappa shape index (κ3) is 3.66. The summed E-state index contributed by atoms with van der Waals surface area (Å²) in [5, 5.41) is 3.04. The molecule has 0 saturated heterocycles. The minimum absolute atomic E-state index is 0.0405.